The van der Waals surface area contributed by atoms with E-state index in [1.54, 1.807) is 19.1 Å². The summed E-state index contributed by atoms with van der Waals surface area (Å²) >= 11 is 0. The molecule has 1 fully saturated rings. The van der Waals surface area contributed by atoms with Gasteiger partial charge in [0, 0.05) is 30.9 Å². The van der Waals surface area contributed by atoms with Gasteiger partial charge < -0.3 is 32.1 Å². The van der Waals surface area contributed by atoms with E-state index in [2.05, 4.69) is 30.6 Å². The highest BCUT2D eigenvalue weighted by Crippen LogP contribution is 2.36. The van der Waals surface area contributed by atoms with E-state index in [1.807, 2.05) is 11.8 Å². The number of amides is 1. The van der Waals surface area contributed by atoms with Crippen molar-refractivity contribution in [3.8, 4) is 11.4 Å². The maximum atomic E-state index is 13.8. The lowest BCUT2D eigenvalue weighted by Crippen LogP contribution is -2.48. The summed E-state index contributed by atoms with van der Waals surface area (Å²) in [5, 5.41) is 14.7. The summed E-state index contributed by atoms with van der Waals surface area (Å²) in [5.41, 5.74) is 10.2. The first kappa shape index (κ1) is 28.0. The molecule has 39 heavy (non-hydrogen) atoms. The van der Waals surface area contributed by atoms with Crippen LogP contribution in [0.5, 0.6) is 0 Å². The molecule has 1 amide bonds. The van der Waals surface area contributed by atoms with Crippen molar-refractivity contribution < 1.29 is 23.1 Å². The number of hydrogen-bond acceptors (Lipinski definition) is 10. The van der Waals surface area contributed by atoms with Gasteiger partial charge in [-0.2, -0.15) is 13.2 Å². The third kappa shape index (κ3) is 6.52. The summed E-state index contributed by atoms with van der Waals surface area (Å²) < 4.78 is 41.4. The number of anilines is 4. The lowest BCUT2D eigenvalue weighted by atomic mass is 9.91. The van der Waals surface area contributed by atoms with E-state index < -0.39 is 29.4 Å². The standard InChI is InChI=1S/C25H30F3N9O2/c1-14(13-38)33-18-6-5-15(25(26,27)28)19(35-18)16-12-32-21(29)20(34-16)23(39)36-22-17(4-3-9-31-22)37-10-7-24(2,30)8-11-37/h3-6,9,12,14,38H,7-8,10-11,13,30H2,1-2H3,(H2,29,32)(H,33,35)(H,31,36,39)/t14-/m1/s1. The Hall–Kier alpha value is -4.04. The summed E-state index contributed by atoms with van der Waals surface area (Å²) in [6.45, 7) is 4.68. The van der Waals surface area contributed by atoms with Crippen LogP contribution < -0.4 is 27.0 Å². The van der Waals surface area contributed by atoms with E-state index >= 15 is 0 Å². The summed E-state index contributed by atoms with van der Waals surface area (Å²) in [5.74, 6) is -0.744. The quantitative estimate of drug-likeness (QED) is 0.298. The number of carbonyl (C=O) groups is 1. The average molecular weight is 546 g/mol. The fourth-order valence-electron chi connectivity index (χ4n) is 4.11. The van der Waals surface area contributed by atoms with Crippen molar-refractivity contribution >= 4 is 29.0 Å². The SMILES string of the molecule is C[C@H](CO)Nc1ccc(C(F)(F)F)c(-c2cnc(N)c(C(=O)Nc3ncccc3N3CCC(C)(N)CC3)n2)n1. The van der Waals surface area contributed by atoms with Crippen molar-refractivity contribution in [2.75, 3.05) is 41.0 Å². The van der Waals surface area contributed by atoms with Crippen molar-refractivity contribution in [2.45, 2.75) is 44.4 Å². The van der Waals surface area contributed by atoms with Crippen LogP contribution in [0.2, 0.25) is 0 Å². The van der Waals surface area contributed by atoms with Crippen LogP contribution in [0.25, 0.3) is 11.4 Å². The van der Waals surface area contributed by atoms with E-state index in [0.717, 1.165) is 31.2 Å². The number of aliphatic hydroxyl groups is 1. The summed E-state index contributed by atoms with van der Waals surface area (Å²) in [7, 11) is 0. The van der Waals surface area contributed by atoms with Gasteiger partial charge >= 0.3 is 6.18 Å². The molecule has 3 aromatic heterocycles. The molecule has 1 aliphatic heterocycles. The van der Waals surface area contributed by atoms with Crippen LogP contribution in [0.4, 0.5) is 36.3 Å². The summed E-state index contributed by atoms with van der Waals surface area (Å²) in [4.78, 5) is 31.6. The molecule has 0 unspecified atom stereocenters. The Labute approximate surface area is 222 Å². The van der Waals surface area contributed by atoms with Gasteiger partial charge in [-0.05, 0) is 51.0 Å². The van der Waals surface area contributed by atoms with Crippen LogP contribution in [0, 0.1) is 0 Å². The molecule has 208 valence electrons. The lowest BCUT2D eigenvalue weighted by molar-refractivity contribution is -0.137. The first-order valence-electron chi connectivity index (χ1n) is 12.3. The smallest absolute Gasteiger partial charge is 0.394 e. The number of halogens is 3. The molecule has 3 aromatic rings. The predicted molar refractivity (Wildman–Crippen MR) is 141 cm³/mol. The third-order valence-corrected chi connectivity index (χ3v) is 6.39. The van der Waals surface area contributed by atoms with Crippen molar-refractivity contribution in [2.24, 2.45) is 5.73 Å². The van der Waals surface area contributed by atoms with Gasteiger partial charge in [-0.3, -0.25) is 4.79 Å². The van der Waals surface area contributed by atoms with E-state index in [-0.39, 0.29) is 41.0 Å². The largest absolute Gasteiger partial charge is 0.418 e. The van der Waals surface area contributed by atoms with Crippen molar-refractivity contribution in [3.63, 3.8) is 0 Å². The first-order valence-corrected chi connectivity index (χ1v) is 12.3. The zero-order chi connectivity index (χ0) is 28.4. The molecule has 1 saturated heterocycles. The third-order valence-electron chi connectivity index (χ3n) is 6.39. The molecule has 11 nitrogen and oxygen atoms in total. The number of nitrogen functional groups attached to an aromatic ring is 1. The van der Waals surface area contributed by atoms with Crippen molar-refractivity contribution in [3.05, 3.63) is 47.9 Å². The Morgan fingerprint density at radius 2 is 1.92 bits per heavy atom. The summed E-state index contributed by atoms with van der Waals surface area (Å²) in [6, 6.07) is 5.06. The fraction of sp³-hybridized carbons (Fsp3) is 0.400. The maximum absolute atomic E-state index is 13.8. The van der Waals surface area contributed by atoms with E-state index in [0.29, 0.717) is 18.8 Å². The minimum atomic E-state index is -4.76. The average Bonchev–Trinajstić information content (AvgIpc) is 2.88. The first-order chi connectivity index (χ1) is 18.4. The predicted octanol–water partition coefficient (Wildman–Crippen LogP) is 2.90. The Morgan fingerprint density at radius 1 is 1.21 bits per heavy atom. The molecule has 0 aliphatic carbocycles. The van der Waals surface area contributed by atoms with Crippen molar-refractivity contribution in [1.29, 1.82) is 0 Å². The molecule has 14 heteroatoms. The highest BCUT2D eigenvalue weighted by Gasteiger charge is 2.36. The number of nitrogens with zero attached hydrogens (tertiary/aromatic N) is 5. The maximum Gasteiger partial charge on any atom is 0.418 e. The zero-order valence-corrected chi connectivity index (χ0v) is 21.5. The second kappa shape index (κ2) is 11.0. The molecule has 1 aliphatic rings. The van der Waals surface area contributed by atoms with Gasteiger partial charge in [0.05, 0.1) is 24.1 Å². The number of nitrogens with two attached hydrogens (primary N) is 2. The van der Waals surface area contributed by atoms with E-state index in [9.17, 15) is 23.1 Å². The molecule has 0 spiro atoms. The normalized spacial score (nSPS) is 16.0. The number of alkyl halides is 3. The minimum Gasteiger partial charge on any atom is -0.394 e. The van der Waals surface area contributed by atoms with Gasteiger partial charge in [0.1, 0.15) is 17.2 Å². The van der Waals surface area contributed by atoms with Crippen LogP contribution in [0.1, 0.15) is 42.7 Å². The number of piperidine rings is 1. The molecule has 4 heterocycles. The van der Waals surface area contributed by atoms with Crippen molar-refractivity contribution in [1.82, 2.24) is 19.9 Å². The number of rotatable bonds is 7. The van der Waals surface area contributed by atoms with E-state index in [4.69, 9.17) is 11.5 Å². The highest BCUT2D eigenvalue weighted by molar-refractivity contribution is 6.06. The molecule has 7 N–H and O–H groups in total. The Bertz CT molecular complexity index is 1340. The molecule has 0 saturated carbocycles. The number of aliphatic hydroxyl groups excluding tert-OH is 1. The van der Waals surface area contributed by atoms with Crippen LogP contribution in [0.15, 0.2) is 36.7 Å². The second-order valence-corrected chi connectivity index (χ2v) is 9.77. The van der Waals surface area contributed by atoms with E-state index in [1.165, 1.54) is 6.20 Å². The van der Waals surface area contributed by atoms with Gasteiger partial charge in [0.25, 0.3) is 5.91 Å². The molecule has 0 bridgehead atoms. The number of hydrogen-bond donors (Lipinski definition) is 5. The topological polar surface area (TPSA) is 168 Å². The van der Waals surface area contributed by atoms with Crippen LogP contribution in [0.3, 0.4) is 0 Å². The minimum absolute atomic E-state index is 0.0809. The number of carbonyl (C=O) groups excluding carboxylic acids is 1. The Balaban J connectivity index is 1.66. The Morgan fingerprint density at radius 3 is 2.59 bits per heavy atom. The molecule has 1 atom stereocenters. The molecular formula is C25H30F3N9O2. The molecule has 0 aromatic carbocycles. The number of pyridine rings is 2. The Kier molecular flexibility index (Phi) is 7.88. The molecule has 0 radical (unpaired) electrons. The van der Waals surface area contributed by atoms with Gasteiger partial charge in [0.2, 0.25) is 0 Å². The van der Waals surface area contributed by atoms with Crippen LogP contribution in [-0.4, -0.2) is 62.2 Å². The van der Waals surface area contributed by atoms with Crippen LogP contribution >= 0.6 is 0 Å². The number of aromatic nitrogens is 4. The fourth-order valence-corrected chi connectivity index (χ4v) is 4.11. The van der Waals surface area contributed by atoms with Gasteiger partial charge in [0.15, 0.2) is 17.3 Å². The lowest BCUT2D eigenvalue weighted by Gasteiger charge is -2.38. The molecular weight excluding hydrogens is 515 g/mol. The highest BCUT2D eigenvalue weighted by atomic mass is 19.4. The number of nitrogens with one attached hydrogen (secondary N) is 2. The van der Waals surface area contributed by atoms with Gasteiger partial charge in [-0.25, -0.2) is 19.9 Å². The zero-order valence-electron chi connectivity index (χ0n) is 21.5. The monoisotopic (exact) mass is 545 g/mol. The summed E-state index contributed by atoms with van der Waals surface area (Å²) in [6.07, 6.45) is -0.740. The van der Waals surface area contributed by atoms with Gasteiger partial charge in [-0.15, -0.1) is 0 Å². The second-order valence-electron chi connectivity index (χ2n) is 9.77. The van der Waals surface area contributed by atoms with Gasteiger partial charge in [-0.1, -0.05) is 0 Å². The molecule has 4 rings (SSSR count). The van der Waals surface area contributed by atoms with Crippen LogP contribution in [-0.2, 0) is 6.18 Å².